The Balaban J connectivity index is 2.17. The number of rotatable bonds is 5. The Kier molecular flexibility index (Phi) is 4.39. The second kappa shape index (κ2) is 6.05. The molecule has 1 amide bonds. The molecule has 2 rings (SSSR count). The number of carbonyl (C=O) groups is 1. The molecule has 5 nitrogen and oxygen atoms in total. The van der Waals surface area contributed by atoms with Crippen LogP contribution in [0.2, 0.25) is 0 Å². The number of hydrogen-bond donors (Lipinski definition) is 2. The van der Waals surface area contributed by atoms with Crippen molar-refractivity contribution in [2.75, 3.05) is 5.32 Å². The molecule has 1 aromatic carbocycles. The molecule has 0 aliphatic heterocycles. The smallest absolute Gasteiger partial charge is 0.241 e. The summed E-state index contributed by atoms with van der Waals surface area (Å²) in [6.45, 7) is 6.05. The van der Waals surface area contributed by atoms with Crippen molar-refractivity contribution in [3.05, 3.63) is 24.1 Å². The lowest BCUT2D eigenvalue weighted by Gasteiger charge is -2.10. The first-order valence-corrected chi connectivity index (χ1v) is 6.98. The van der Waals surface area contributed by atoms with Gasteiger partial charge in [-0.15, -0.1) is 0 Å². The van der Waals surface area contributed by atoms with Crippen LogP contribution in [-0.4, -0.2) is 16.9 Å². The Morgan fingerprint density at radius 1 is 1.45 bits per heavy atom. The standard InChI is InChI=1S/C15H21N3O2/c1-4-5-11(16)14(19)17-10-6-7-13-12(8-10)18-15(20-13)9(2)3/h6-9,11H,4-5,16H2,1-3H3,(H,17,19)/t11-/m0/s1. The van der Waals surface area contributed by atoms with Gasteiger partial charge in [-0.25, -0.2) is 4.98 Å². The molecular weight excluding hydrogens is 254 g/mol. The molecule has 1 atom stereocenters. The van der Waals surface area contributed by atoms with E-state index in [0.717, 1.165) is 17.5 Å². The molecule has 3 N–H and O–H groups in total. The van der Waals surface area contributed by atoms with E-state index in [9.17, 15) is 4.79 Å². The Bertz CT molecular complexity index is 604. The van der Waals surface area contributed by atoms with Crippen LogP contribution in [0, 0.1) is 0 Å². The number of nitrogens with zero attached hydrogens (tertiary/aromatic N) is 1. The van der Waals surface area contributed by atoms with E-state index in [4.69, 9.17) is 10.2 Å². The van der Waals surface area contributed by atoms with Crippen molar-refractivity contribution in [3.63, 3.8) is 0 Å². The summed E-state index contributed by atoms with van der Waals surface area (Å²) in [4.78, 5) is 16.3. The highest BCUT2D eigenvalue weighted by Crippen LogP contribution is 2.23. The van der Waals surface area contributed by atoms with Crippen molar-refractivity contribution in [2.45, 2.75) is 45.6 Å². The minimum atomic E-state index is -0.473. The third-order valence-corrected chi connectivity index (χ3v) is 3.10. The Morgan fingerprint density at radius 2 is 2.20 bits per heavy atom. The molecule has 0 bridgehead atoms. The number of amides is 1. The molecule has 2 aromatic rings. The van der Waals surface area contributed by atoms with Gasteiger partial charge < -0.3 is 15.5 Å². The van der Waals surface area contributed by atoms with Crippen LogP contribution < -0.4 is 11.1 Å². The third kappa shape index (κ3) is 3.17. The van der Waals surface area contributed by atoms with E-state index in [-0.39, 0.29) is 11.8 Å². The fourth-order valence-corrected chi connectivity index (χ4v) is 1.95. The average molecular weight is 275 g/mol. The maximum Gasteiger partial charge on any atom is 0.241 e. The number of nitrogens with one attached hydrogen (secondary N) is 1. The monoisotopic (exact) mass is 275 g/mol. The summed E-state index contributed by atoms with van der Waals surface area (Å²) in [5.74, 6) is 0.767. The van der Waals surface area contributed by atoms with E-state index in [1.807, 2.05) is 26.8 Å². The number of fused-ring (bicyclic) bond motifs is 1. The zero-order valence-corrected chi connectivity index (χ0v) is 12.1. The average Bonchev–Trinajstić information content (AvgIpc) is 2.82. The Morgan fingerprint density at radius 3 is 2.85 bits per heavy atom. The number of anilines is 1. The van der Waals surface area contributed by atoms with Gasteiger partial charge in [-0.2, -0.15) is 0 Å². The van der Waals surface area contributed by atoms with Crippen LogP contribution in [0.15, 0.2) is 22.6 Å². The molecular formula is C15H21N3O2. The molecule has 0 fully saturated rings. The molecule has 0 aliphatic rings. The lowest BCUT2D eigenvalue weighted by atomic mass is 10.1. The summed E-state index contributed by atoms with van der Waals surface area (Å²) in [6.07, 6.45) is 1.56. The largest absolute Gasteiger partial charge is 0.440 e. The predicted octanol–water partition coefficient (Wildman–Crippen LogP) is 3.02. The van der Waals surface area contributed by atoms with E-state index in [0.29, 0.717) is 18.0 Å². The van der Waals surface area contributed by atoms with Crippen LogP contribution in [0.25, 0.3) is 11.1 Å². The van der Waals surface area contributed by atoms with Crippen LogP contribution >= 0.6 is 0 Å². The predicted molar refractivity (Wildman–Crippen MR) is 79.6 cm³/mol. The van der Waals surface area contributed by atoms with Crippen molar-refractivity contribution < 1.29 is 9.21 Å². The molecule has 5 heteroatoms. The van der Waals surface area contributed by atoms with Crippen LogP contribution in [-0.2, 0) is 4.79 Å². The number of nitrogens with two attached hydrogens (primary N) is 1. The highest BCUT2D eigenvalue weighted by Gasteiger charge is 2.14. The fraction of sp³-hybridized carbons (Fsp3) is 0.467. The normalized spacial score (nSPS) is 12.8. The molecule has 108 valence electrons. The molecule has 1 heterocycles. The van der Waals surface area contributed by atoms with Crippen molar-refractivity contribution in [1.82, 2.24) is 4.98 Å². The molecule has 1 aromatic heterocycles. The van der Waals surface area contributed by atoms with Gasteiger partial charge in [0.15, 0.2) is 11.5 Å². The highest BCUT2D eigenvalue weighted by molar-refractivity contribution is 5.96. The first kappa shape index (κ1) is 14.5. The fourth-order valence-electron chi connectivity index (χ4n) is 1.95. The van der Waals surface area contributed by atoms with Crippen LogP contribution in [0.3, 0.4) is 0 Å². The van der Waals surface area contributed by atoms with Crippen molar-refractivity contribution in [1.29, 1.82) is 0 Å². The van der Waals surface area contributed by atoms with Crippen molar-refractivity contribution in [3.8, 4) is 0 Å². The van der Waals surface area contributed by atoms with Crippen LogP contribution in [0.1, 0.15) is 45.4 Å². The minimum Gasteiger partial charge on any atom is -0.440 e. The summed E-state index contributed by atoms with van der Waals surface area (Å²) in [5, 5.41) is 2.81. The topological polar surface area (TPSA) is 81.2 Å². The van der Waals surface area contributed by atoms with Crippen LogP contribution in [0.5, 0.6) is 0 Å². The van der Waals surface area contributed by atoms with E-state index in [2.05, 4.69) is 10.3 Å². The summed E-state index contributed by atoms with van der Waals surface area (Å²) in [6, 6.07) is 4.95. The van der Waals surface area contributed by atoms with Gasteiger partial charge in [0, 0.05) is 11.6 Å². The molecule has 0 saturated carbocycles. The van der Waals surface area contributed by atoms with Gasteiger partial charge >= 0.3 is 0 Å². The minimum absolute atomic E-state index is 0.168. The lowest BCUT2D eigenvalue weighted by Crippen LogP contribution is -2.35. The van der Waals surface area contributed by atoms with E-state index < -0.39 is 6.04 Å². The van der Waals surface area contributed by atoms with E-state index >= 15 is 0 Å². The lowest BCUT2D eigenvalue weighted by molar-refractivity contribution is -0.117. The number of aromatic nitrogens is 1. The molecule has 0 saturated heterocycles. The van der Waals surface area contributed by atoms with Gasteiger partial charge in [-0.1, -0.05) is 27.2 Å². The SMILES string of the molecule is CCC[C@H](N)C(=O)Nc1ccc2oc(C(C)C)nc2c1. The Labute approximate surface area is 118 Å². The summed E-state index contributed by atoms with van der Waals surface area (Å²) >= 11 is 0. The number of oxazole rings is 1. The number of carbonyl (C=O) groups excluding carboxylic acids is 1. The Hall–Kier alpha value is -1.88. The molecule has 0 aliphatic carbocycles. The quantitative estimate of drug-likeness (QED) is 0.878. The van der Waals surface area contributed by atoms with Gasteiger partial charge in [0.2, 0.25) is 5.91 Å². The maximum absolute atomic E-state index is 11.9. The summed E-state index contributed by atoms with van der Waals surface area (Å²) in [5.41, 5.74) is 7.95. The number of hydrogen-bond acceptors (Lipinski definition) is 4. The van der Waals surface area contributed by atoms with Gasteiger partial charge in [0.05, 0.1) is 6.04 Å². The second-order valence-corrected chi connectivity index (χ2v) is 5.27. The molecule has 0 unspecified atom stereocenters. The summed E-state index contributed by atoms with van der Waals surface area (Å²) < 4.78 is 5.63. The van der Waals surface area contributed by atoms with Gasteiger partial charge in [0.25, 0.3) is 0 Å². The van der Waals surface area contributed by atoms with Crippen molar-refractivity contribution in [2.24, 2.45) is 5.73 Å². The van der Waals surface area contributed by atoms with Crippen molar-refractivity contribution >= 4 is 22.7 Å². The maximum atomic E-state index is 11.9. The third-order valence-electron chi connectivity index (χ3n) is 3.10. The zero-order chi connectivity index (χ0) is 14.7. The van der Waals surface area contributed by atoms with Gasteiger partial charge in [-0.05, 0) is 24.6 Å². The first-order chi connectivity index (χ1) is 9.51. The first-order valence-electron chi connectivity index (χ1n) is 6.98. The highest BCUT2D eigenvalue weighted by atomic mass is 16.3. The second-order valence-electron chi connectivity index (χ2n) is 5.27. The zero-order valence-electron chi connectivity index (χ0n) is 12.1. The molecule has 0 radical (unpaired) electrons. The summed E-state index contributed by atoms with van der Waals surface area (Å²) in [7, 11) is 0. The number of benzene rings is 1. The molecule has 0 spiro atoms. The molecule has 20 heavy (non-hydrogen) atoms. The van der Waals surface area contributed by atoms with E-state index in [1.165, 1.54) is 0 Å². The van der Waals surface area contributed by atoms with E-state index in [1.54, 1.807) is 12.1 Å². The van der Waals surface area contributed by atoms with Crippen LogP contribution in [0.4, 0.5) is 5.69 Å². The van der Waals surface area contributed by atoms with Gasteiger partial charge in [-0.3, -0.25) is 4.79 Å². The van der Waals surface area contributed by atoms with Gasteiger partial charge in [0.1, 0.15) is 5.52 Å².